The fourth-order valence-corrected chi connectivity index (χ4v) is 2.21. The van der Waals surface area contributed by atoms with E-state index in [0.29, 0.717) is 6.54 Å². The maximum absolute atomic E-state index is 12.0. The number of amides is 1. The van der Waals surface area contributed by atoms with Crippen LogP contribution in [-0.4, -0.2) is 35.0 Å². The van der Waals surface area contributed by atoms with Crippen LogP contribution < -0.4 is 0 Å². The van der Waals surface area contributed by atoms with Gasteiger partial charge in [0.15, 0.2) is 0 Å². The number of carbonyl (C=O) groups excluding carboxylic acids is 1. The number of aliphatic carboxylic acids is 1. The summed E-state index contributed by atoms with van der Waals surface area (Å²) in [6.07, 6.45) is 5.17. The molecule has 0 radical (unpaired) electrons. The van der Waals surface area contributed by atoms with E-state index < -0.39 is 23.2 Å². The first-order valence-corrected chi connectivity index (χ1v) is 5.33. The molecule has 0 saturated heterocycles. The summed E-state index contributed by atoms with van der Waals surface area (Å²) in [6, 6.07) is 0. The van der Waals surface area contributed by atoms with Crippen LogP contribution in [0.5, 0.6) is 0 Å². The Balaban J connectivity index is 2.77. The molecule has 0 aromatic heterocycles. The lowest BCUT2D eigenvalue weighted by molar-refractivity contribution is -0.141. The molecule has 1 aliphatic carbocycles. The summed E-state index contributed by atoms with van der Waals surface area (Å²) in [5, 5.41) is 8.98. The highest BCUT2D eigenvalue weighted by Crippen LogP contribution is 2.58. The first-order valence-electron chi connectivity index (χ1n) is 5.33. The van der Waals surface area contributed by atoms with Gasteiger partial charge >= 0.3 is 5.97 Å². The predicted molar refractivity (Wildman–Crippen MR) is 59.5 cm³/mol. The van der Waals surface area contributed by atoms with Crippen LogP contribution in [0.4, 0.5) is 0 Å². The van der Waals surface area contributed by atoms with Gasteiger partial charge in [0.1, 0.15) is 0 Å². The van der Waals surface area contributed by atoms with E-state index in [1.165, 1.54) is 4.90 Å². The second-order valence-corrected chi connectivity index (χ2v) is 4.67. The van der Waals surface area contributed by atoms with E-state index >= 15 is 0 Å². The molecule has 16 heavy (non-hydrogen) atoms. The first kappa shape index (κ1) is 12.6. The van der Waals surface area contributed by atoms with Crippen molar-refractivity contribution in [1.82, 2.24) is 4.90 Å². The minimum atomic E-state index is -0.903. The highest BCUT2D eigenvalue weighted by atomic mass is 16.4. The van der Waals surface area contributed by atoms with Gasteiger partial charge in [0.2, 0.25) is 5.91 Å². The third-order valence-corrected chi connectivity index (χ3v) is 3.33. The largest absolute Gasteiger partial charge is 0.481 e. The van der Waals surface area contributed by atoms with E-state index in [9.17, 15) is 9.59 Å². The zero-order valence-corrected chi connectivity index (χ0v) is 9.86. The Hall–Kier alpha value is -1.50. The van der Waals surface area contributed by atoms with Crippen molar-refractivity contribution in [1.29, 1.82) is 0 Å². The molecular formula is C12H17NO3. The highest BCUT2D eigenvalue weighted by Gasteiger charge is 2.66. The van der Waals surface area contributed by atoms with Gasteiger partial charge in [-0.3, -0.25) is 9.59 Å². The Morgan fingerprint density at radius 2 is 2.00 bits per heavy atom. The molecule has 2 atom stereocenters. The third-order valence-electron chi connectivity index (χ3n) is 3.33. The average molecular weight is 223 g/mol. The molecule has 1 N–H and O–H groups in total. The van der Waals surface area contributed by atoms with Gasteiger partial charge in [-0.25, -0.2) is 0 Å². The van der Waals surface area contributed by atoms with E-state index in [2.05, 4.69) is 5.92 Å². The Morgan fingerprint density at radius 1 is 1.44 bits per heavy atom. The molecule has 2 unspecified atom stereocenters. The summed E-state index contributed by atoms with van der Waals surface area (Å²) in [7, 11) is 0. The molecule has 1 saturated carbocycles. The summed E-state index contributed by atoms with van der Waals surface area (Å²) in [5.74, 6) is 0.359. The van der Waals surface area contributed by atoms with Crippen molar-refractivity contribution in [2.24, 2.45) is 17.3 Å². The van der Waals surface area contributed by atoms with Crippen molar-refractivity contribution >= 4 is 11.9 Å². The molecule has 88 valence electrons. The number of rotatable bonds is 4. The molecule has 0 aromatic rings. The van der Waals surface area contributed by atoms with Crippen LogP contribution in [0.1, 0.15) is 20.8 Å². The van der Waals surface area contributed by atoms with Gasteiger partial charge in [0.05, 0.1) is 18.4 Å². The third kappa shape index (κ3) is 1.90. The Bertz CT molecular complexity index is 354. The van der Waals surface area contributed by atoms with Crippen molar-refractivity contribution in [3.05, 3.63) is 0 Å². The summed E-state index contributed by atoms with van der Waals surface area (Å²) < 4.78 is 0. The molecule has 4 heteroatoms. The van der Waals surface area contributed by atoms with Gasteiger partial charge in [0, 0.05) is 6.54 Å². The topological polar surface area (TPSA) is 57.6 Å². The number of hydrogen-bond donors (Lipinski definition) is 1. The number of carboxylic acid groups (broad SMARTS) is 1. The number of carboxylic acids is 1. The van der Waals surface area contributed by atoms with Crippen molar-refractivity contribution in [3.8, 4) is 12.3 Å². The number of hydrogen-bond acceptors (Lipinski definition) is 2. The lowest BCUT2D eigenvalue weighted by atomic mass is 10.1. The van der Waals surface area contributed by atoms with E-state index in [-0.39, 0.29) is 12.5 Å². The molecular weight excluding hydrogens is 206 g/mol. The molecule has 0 heterocycles. The SMILES string of the molecule is C#CCN(CC)C(=O)C1C(C(=O)O)C1(C)C. The highest BCUT2D eigenvalue weighted by molar-refractivity contribution is 5.91. The van der Waals surface area contributed by atoms with Crippen LogP contribution in [0.2, 0.25) is 0 Å². The maximum Gasteiger partial charge on any atom is 0.307 e. The van der Waals surface area contributed by atoms with E-state index in [0.717, 1.165) is 0 Å². The number of nitrogens with zero attached hydrogens (tertiary/aromatic N) is 1. The van der Waals surface area contributed by atoms with E-state index in [4.69, 9.17) is 11.5 Å². The smallest absolute Gasteiger partial charge is 0.307 e. The number of carbonyl (C=O) groups is 2. The molecule has 0 aromatic carbocycles. The van der Waals surface area contributed by atoms with Crippen molar-refractivity contribution in [2.45, 2.75) is 20.8 Å². The quantitative estimate of drug-likeness (QED) is 0.718. The zero-order valence-electron chi connectivity index (χ0n) is 9.86. The summed E-state index contributed by atoms with van der Waals surface area (Å²) in [6.45, 7) is 6.20. The standard InChI is InChI=1S/C12H17NO3/c1-5-7-13(6-2)10(14)8-9(11(15)16)12(8,3)4/h1,8-9H,6-7H2,2-4H3,(H,15,16). The zero-order chi connectivity index (χ0) is 12.5. The van der Waals surface area contributed by atoms with Gasteiger partial charge in [0.25, 0.3) is 0 Å². The van der Waals surface area contributed by atoms with Crippen LogP contribution in [0.25, 0.3) is 0 Å². The van der Waals surface area contributed by atoms with Crippen LogP contribution in [0.15, 0.2) is 0 Å². The second kappa shape index (κ2) is 4.17. The van der Waals surface area contributed by atoms with Gasteiger partial charge in [-0.15, -0.1) is 6.42 Å². The van der Waals surface area contributed by atoms with Gasteiger partial charge in [-0.2, -0.15) is 0 Å². The summed E-state index contributed by atoms with van der Waals surface area (Å²) in [5.41, 5.74) is -0.453. The Morgan fingerprint density at radius 3 is 2.31 bits per heavy atom. The summed E-state index contributed by atoms with van der Waals surface area (Å²) in [4.78, 5) is 24.5. The van der Waals surface area contributed by atoms with E-state index in [1.54, 1.807) is 13.8 Å². The average Bonchev–Trinajstić information content (AvgIpc) is 2.77. The normalized spacial score (nSPS) is 25.6. The molecule has 1 rings (SSSR count). The minimum absolute atomic E-state index is 0.141. The van der Waals surface area contributed by atoms with E-state index in [1.807, 2.05) is 6.92 Å². The van der Waals surface area contributed by atoms with Crippen LogP contribution in [0, 0.1) is 29.6 Å². The molecule has 4 nitrogen and oxygen atoms in total. The predicted octanol–water partition coefficient (Wildman–Crippen LogP) is 0.825. The molecule has 1 fully saturated rings. The Kier molecular flexibility index (Phi) is 3.27. The van der Waals surface area contributed by atoms with Crippen LogP contribution in [-0.2, 0) is 9.59 Å². The summed E-state index contributed by atoms with van der Waals surface area (Å²) >= 11 is 0. The van der Waals surface area contributed by atoms with Crippen LogP contribution in [0.3, 0.4) is 0 Å². The molecule has 0 spiro atoms. The number of terminal acetylenes is 1. The molecule has 0 aliphatic heterocycles. The van der Waals surface area contributed by atoms with Gasteiger partial charge in [-0.05, 0) is 12.3 Å². The first-order chi connectivity index (χ1) is 7.37. The molecule has 1 aliphatic rings. The lowest BCUT2D eigenvalue weighted by Gasteiger charge is -2.18. The van der Waals surface area contributed by atoms with Gasteiger partial charge < -0.3 is 10.0 Å². The van der Waals surface area contributed by atoms with Crippen molar-refractivity contribution < 1.29 is 14.7 Å². The second-order valence-electron chi connectivity index (χ2n) is 4.67. The lowest BCUT2D eigenvalue weighted by Crippen LogP contribution is -2.34. The fourth-order valence-electron chi connectivity index (χ4n) is 2.21. The molecule has 1 amide bonds. The minimum Gasteiger partial charge on any atom is -0.481 e. The monoisotopic (exact) mass is 223 g/mol. The maximum atomic E-state index is 12.0. The van der Waals surface area contributed by atoms with Crippen molar-refractivity contribution in [3.63, 3.8) is 0 Å². The molecule has 0 bridgehead atoms. The van der Waals surface area contributed by atoms with Crippen LogP contribution >= 0.6 is 0 Å². The van der Waals surface area contributed by atoms with Gasteiger partial charge in [-0.1, -0.05) is 19.8 Å². The Labute approximate surface area is 95.6 Å². The van der Waals surface area contributed by atoms with Crippen molar-refractivity contribution in [2.75, 3.05) is 13.1 Å². The fraction of sp³-hybridized carbons (Fsp3) is 0.667.